The Morgan fingerprint density at radius 2 is 3.17 bits per heavy atom. The summed E-state index contributed by atoms with van der Waals surface area (Å²) in [5.74, 6) is 0. The number of aliphatic hydroxyl groups is 1. The van der Waals surface area contributed by atoms with Gasteiger partial charge in [0.15, 0.2) is 0 Å². The van der Waals surface area contributed by atoms with Gasteiger partial charge in [-0.2, -0.15) is 0 Å². The minimum Gasteiger partial charge on any atom is -0.374 e. The Kier molecular flexibility index (Phi) is 0.431. The molecule has 2 N–H and O–H groups in total. The third-order valence-electron chi connectivity index (χ3n) is 0.582. The molecule has 0 saturated carbocycles. The maximum atomic E-state index is 8.77. The van der Waals surface area contributed by atoms with Gasteiger partial charge in [0.05, 0.1) is 1.37 Å². The summed E-state index contributed by atoms with van der Waals surface area (Å²) < 4.78 is 13.8. The Bertz CT molecular complexity index is 123. The van der Waals surface area contributed by atoms with E-state index in [9.17, 15) is 0 Å². The number of hydrogen-bond acceptors (Lipinski definition) is 2. The van der Waals surface area contributed by atoms with Gasteiger partial charge in [-0.05, 0) is 6.20 Å². The lowest BCUT2D eigenvalue weighted by Crippen LogP contribution is -2.16. The molecule has 1 aliphatic heterocycles. The first-order valence-electron chi connectivity index (χ1n) is 2.79. The van der Waals surface area contributed by atoms with E-state index in [0.29, 0.717) is 0 Å². The Labute approximate surface area is 39.3 Å². The third kappa shape index (κ3) is 0.518. The highest BCUT2D eigenvalue weighted by Crippen LogP contribution is 1.94. The lowest BCUT2D eigenvalue weighted by Gasteiger charge is -1.96. The van der Waals surface area contributed by atoms with E-state index in [1.165, 1.54) is 12.3 Å². The molecular weight excluding hydrogens is 78.0 g/mol. The summed E-state index contributed by atoms with van der Waals surface area (Å²) in [6.45, 7) is 0. The van der Waals surface area contributed by atoms with E-state index in [4.69, 9.17) is 7.85 Å². The summed E-state index contributed by atoms with van der Waals surface area (Å²) in [6.07, 6.45) is 0.181. The summed E-state index contributed by atoms with van der Waals surface area (Å²) >= 11 is 0. The van der Waals surface area contributed by atoms with Crippen molar-refractivity contribution in [2.75, 3.05) is 0 Å². The van der Waals surface area contributed by atoms with Crippen LogP contribution in [0.1, 0.15) is 9.14 Å². The molecule has 0 bridgehead atoms. The fourth-order valence-corrected chi connectivity index (χ4v) is 0.321. The average molecular weight is 87.1 g/mol. The Balaban J connectivity index is 2.64. The van der Waals surface area contributed by atoms with Crippen molar-refractivity contribution >= 4 is 0 Å². The summed E-state index contributed by atoms with van der Waals surface area (Å²) in [5, 5.41) is 11.1. The highest BCUT2D eigenvalue weighted by atomic mass is 16.3. The molecule has 0 spiro atoms. The second-order valence-corrected chi connectivity index (χ2v) is 1.06. The summed E-state index contributed by atoms with van der Waals surface area (Å²) in [7, 11) is 0. The van der Waals surface area contributed by atoms with Gasteiger partial charge < -0.3 is 10.4 Å². The molecule has 6 heavy (non-hydrogen) atoms. The third-order valence-corrected chi connectivity index (χ3v) is 0.582. The average Bonchev–Trinajstić information content (AvgIpc) is 1.86. The van der Waals surface area contributed by atoms with Crippen molar-refractivity contribution < 1.29 is 7.85 Å². The van der Waals surface area contributed by atoms with Crippen LogP contribution in [0.2, 0.25) is 0 Å². The van der Waals surface area contributed by atoms with Crippen LogP contribution in [0.15, 0.2) is 12.3 Å². The molecule has 2 unspecified atom stereocenters. The van der Waals surface area contributed by atoms with Crippen molar-refractivity contribution in [2.24, 2.45) is 0 Å². The van der Waals surface area contributed by atoms with Gasteiger partial charge >= 0.3 is 0 Å². The molecule has 0 aromatic heterocycles. The molecule has 0 aromatic carbocycles. The second kappa shape index (κ2) is 1.30. The zero-order chi connectivity index (χ0) is 6.20. The van der Waals surface area contributed by atoms with Crippen LogP contribution in [0.3, 0.4) is 0 Å². The topological polar surface area (TPSA) is 32.3 Å². The van der Waals surface area contributed by atoms with Crippen LogP contribution in [-0.4, -0.2) is 11.3 Å². The van der Waals surface area contributed by atoms with E-state index in [2.05, 4.69) is 5.32 Å². The smallest absolute Gasteiger partial charge is 0.127 e. The fraction of sp³-hybridized carbons (Fsp3) is 0.500. The van der Waals surface area contributed by atoms with Gasteiger partial charge in [-0.1, -0.05) is 6.08 Å². The molecule has 34 valence electrons. The largest absolute Gasteiger partial charge is 0.374 e. The van der Waals surface area contributed by atoms with Crippen LogP contribution in [-0.2, 0) is 0 Å². The van der Waals surface area contributed by atoms with Crippen LogP contribution < -0.4 is 5.32 Å². The summed E-state index contributed by atoms with van der Waals surface area (Å²) in [5.41, 5.74) is 0. The first-order chi connectivity index (χ1) is 3.63. The molecule has 1 rings (SSSR count). The van der Waals surface area contributed by atoms with Crippen molar-refractivity contribution in [3.63, 3.8) is 0 Å². The first-order valence-corrected chi connectivity index (χ1v) is 1.72. The van der Waals surface area contributed by atoms with Crippen molar-refractivity contribution in [1.82, 2.24) is 5.32 Å². The number of nitrogens with one attached hydrogen (secondary N) is 1. The molecule has 0 saturated heterocycles. The zero-order valence-corrected chi connectivity index (χ0v) is 3.18. The van der Waals surface area contributed by atoms with Gasteiger partial charge in [0.1, 0.15) is 6.20 Å². The predicted octanol–water partition coefficient (Wildman–Crippen LogP) is -0.188. The molecule has 1 heterocycles. The molecule has 2 heteroatoms. The van der Waals surface area contributed by atoms with Crippen LogP contribution in [0.4, 0.5) is 0 Å². The van der Waals surface area contributed by atoms with Gasteiger partial charge in [0, 0.05) is 7.77 Å². The van der Waals surface area contributed by atoms with Crippen molar-refractivity contribution in [1.29, 1.82) is 0 Å². The quantitative estimate of drug-likeness (QED) is 0.429. The Morgan fingerprint density at radius 3 is 3.33 bits per heavy atom. The Hall–Kier alpha value is -0.500. The molecule has 0 aliphatic carbocycles. The van der Waals surface area contributed by atoms with Gasteiger partial charge in [0.25, 0.3) is 0 Å². The van der Waals surface area contributed by atoms with E-state index >= 15 is 0 Å². The van der Waals surface area contributed by atoms with Crippen LogP contribution >= 0.6 is 0 Å². The first kappa shape index (κ1) is 1.98. The van der Waals surface area contributed by atoms with Gasteiger partial charge in [-0.15, -0.1) is 0 Å². The van der Waals surface area contributed by atoms with Gasteiger partial charge in [-0.25, -0.2) is 0 Å². The molecular formula is C4H7NO. The standard InChI is InChI=1S/C4H7NO/c6-4-2-1-3-5-4/h1,3-6H,2H2/i2D,4D. The minimum absolute atomic E-state index is 0.859. The van der Waals surface area contributed by atoms with E-state index in [0.717, 1.165) is 0 Å². The van der Waals surface area contributed by atoms with Crippen molar-refractivity contribution in [3.05, 3.63) is 12.3 Å². The molecule has 2 nitrogen and oxygen atoms in total. The lowest BCUT2D eigenvalue weighted by molar-refractivity contribution is 0.166. The number of rotatable bonds is 0. The van der Waals surface area contributed by atoms with E-state index in [1.807, 2.05) is 0 Å². The summed E-state index contributed by atoms with van der Waals surface area (Å²) in [4.78, 5) is 0. The maximum Gasteiger partial charge on any atom is 0.127 e. The summed E-state index contributed by atoms with van der Waals surface area (Å²) in [6, 6.07) is 0. The molecule has 2 atom stereocenters. The molecule has 1 aliphatic rings. The van der Waals surface area contributed by atoms with Gasteiger partial charge in [0.2, 0.25) is 0 Å². The lowest BCUT2D eigenvalue weighted by atomic mass is 10.4. The van der Waals surface area contributed by atoms with E-state index in [-0.39, 0.29) is 0 Å². The molecule has 0 fully saturated rings. The second-order valence-electron chi connectivity index (χ2n) is 1.06. The van der Waals surface area contributed by atoms with Crippen molar-refractivity contribution in [2.45, 2.75) is 12.6 Å². The zero-order valence-electron chi connectivity index (χ0n) is 5.18. The molecule has 0 aromatic rings. The number of hydrogen-bond donors (Lipinski definition) is 2. The normalized spacial score (nSPS) is 59.8. The van der Waals surface area contributed by atoms with Crippen molar-refractivity contribution in [3.8, 4) is 0 Å². The SMILES string of the molecule is [2H]C1C=CNC1([2H])O. The minimum atomic E-state index is -1.79. The van der Waals surface area contributed by atoms with E-state index in [1.54, 1.807) is 0 Å². The van der Waals surface area contributed by atoms with Gasteiger partial charge in [-0.3, -0.25) is 0 Å². The Morgan fingerprint density at radius 1 is 2.33 bits per heavy atom. The van der Waals surface area contributed by atoms with Crippen LogP contribution in [0.5, 0.6) is 0 Å². The predicted molar refractivity (Wildman–Crippen MR) is 22.9 cm³/mol. The monoisotopic (exact) mass is 87.1 g/mol. The van der Waals surface area contributed by atoms with Crippen LogP contribution in [0, 0.1) is 0 Å². The molecule has 0 amide bonds. The highest BCUT2D eigenvalue weighted by Gasteiger charge is 1.99. The van der Waals surface area contributed by atoms with E-state index < -0.39 is 12.6 Å². The fourth-order valence-electron chi connectivity index (χ4n) is 0.321. The highest BCUT2D eigenvalue weighted by molar-refractivity contribution is 4.89. The van der Waals surface area contributed by atoms with Crippen LogP contribution in [0.25, 0.3) is 0 Å². The molecule has 0 radical (unpaired) electrons. The maximum absolute atomic E-state index is 8.77.